The van der Waals surface area contributed by atoms with E-state index in [1.54, 1.807) is 0 Å². The Morgan fingerprint density at radius 1 is 0.822 bits per heavy atom. The summed E-state index contributed by atoms with van der Waals surface area (Å²) in [5.74, 6) is 1.89. The van der Waals surface area contributed by atoms with E-state index in [0.717, 1.165) is 58.5 Å². The molecular weight excluding hydrogens is 691 g/mol. The molecule has 0 radical (unpaired) electrons. The number of aromatic nitrogens is 2. The number of fused-ring (bicyclic) bond motifs is 2. The van der Waals surface area contributed by atoms with E-state index >= 15 is 0 Å². The quantitative estimate of drug-likeness (QED) is 0.130. The molecule has 1 aliphatic rings. The van der Waals surface area contributed by atoms with Crippen molar-refractivity contribution < 1.29 is 28.5 Å². The molecule has 0 atom stereocenters. The molecule has 0 saturated carbocycles. The van der Waals surface area contributed by atoms with Crippen LogP contribution in [0.5, 0.6) is 0 Å². The van der Waals surface area contributed by atoms with E-state index < -0.39 is 0 Å². The van der Waals surface area contributed by atoms with Crippen LogP contribution in [-0.4, -0.2) is 11.1 Å². The van der Waals surface area contributed by atoms with Gasteiger partial charge >= 0.3 is 0 Å². The molecule has 45 heavy (non-hydrogen) atoms. The smallest absolute Gasteiger partial charge is 0.287 e. The van der Waals surface area contributed by atoms with Crippen molar-refractivity contribution in [2.75, 3.05) is 16.3 Å². The highest BCUT2D eigenvalue weighted by Gasteiger charge is 2.31. The fourth-order valence-corrected chi connectivity index (χ4v) is 5.91. The van der Waals surface area contributed by atoms with Crippen LogP contribution in [0.1, 0.15) is 30.8 Å². The van der Waals surface area contributed by atoms with Crippen LogP contribution in [-0.2, 0) is 6.54 Å². The number of halogens is 2. The van der Waals surface area contributed by atoms with Gasteiger partial charge in [0.05, 0.1) is 41.2 Å². The summed E-state index contributed by atoms with van der Waals surface area (Å²) in [7, 11) is 0. The molecule has 5 aromatic rings. The highest BCUT2D eigenvalue weighted by Crippen LogP contribution is 2.46. The third kappa shape index (κ3) is 5.98. The van der Waals surface area contributed by atoms with Crippen LogP contribution in [0.2, 0.25) is 0 Å². The van der Waals surface area contributed by atoms with Gasteiger partial charge in [-0.05, 0) is 86.7 Å². The minimum Gasteiger partial charge on any atom is -1.00 e. The maximum Gasteiger partial charge on any atom is 0.287 e. The summed E-state index contributed by atoms with van der Waals surface area (Å²) >= 11 is 6.88. The van der Waals surface area contributed by atoms with E-state index in [0.29, 0.717) is 16.2 Å². The molecule has 4 aromatic carbocycles. The summed E-state index contributed by atoms with van der Waals surface area (Å²) in [6.45, 7) is 5.63. The summed E-state index contributed by atoms with van der Waals surface area (Å²) in [4.78, 5) is 4.38. The highest BCUT2D eigenvalue weighted by molar-refractivity contribution is 6.31. The van der Waals surface area contributed by atoms with Crippen LogP contribution in [0, 0.1) is 22.7 Å². The maximum absolute atomic E-state index is 9.56. The summed E-state index contributed by atoms with van der Waals surface area (Å²) in [5, 5.41) is 19.7. The lowest BCUT2D eigenvalue weighted by Gasteiger charge is -2.24. The van der Waals surface area contributed by atoms with Crippen LogP contribution < -0.4 is 38.3 Å². The van der Waals surface area contributed by atoms with E-state index in [2.05, 4.69) is 69.2 Å². The molecule has 0 amide bonds. The number of hydrogen-bond acceptors (Lipinski definition) is 4. The van der Waals surface area contributed by atoms with Gasteiger partial charge in [0.2, 0.25) is 0 Å². The van der Waals surface area contributed by atoms with E-state index in [1.807, 2.05) is 97.1 Å². The van der Waals surface area contributed by atoms with Gasteiger partial charge < -0.3 is 28.9 Å². The van der Waals surface area contributed by atoms with Crippen molar-refractivity contribution in [3.63, 3.8) is 0 Å². The molecule has 0 spiro atoms. The number of nitriles is 2. The first-order valence-electron chi connectivity index (χ1n) is 14.5. The van der Waals surface area contributed by atoms with E-state index in [9.17, 15) is 10.5 Å². The van der Waals surface area contributed by atoms with Crippen molar-refractivity contribution in [2.45, 2.75) is 20.4 Å². The molecular formula is C37H30ClIN6. The van der Waals surface area contributed by atoms with Gasteiger partial charge in [0, 0.05) is 29.4 Å². The molecule has 1 aromatic heterocycles. The fraction of sp³-hybridized carbons (Fsp3) is 0.108. The average Bonchev–Trinajstić information content (AvgIpc) is 3.57. The van der Waals surface area contributed by atoms with Crippen molar-refractivity contribution in [1.29, 1.82) is 10.5 Å². The first-order chi connectivity index (χ1) is 21.6. The Morgan fingerprint density at radius 2 is 1.47 bits per heavy atom. The molecule has 6 nitrogen and oxygen atoms in total. The lowest BCUT2D eigenvalue weighted by atomic mass is 10.1. The molecule has 222 valence electrons. The summed E-state index contributed by atoms with van der Waals surface area (Å²) in [6, 6.07) is 36.5. The number of anilines is 3. The minimum absolute atomic E-state index is 0. The first-order valence-corrected chi connectivity index (χ1v) is 14.9. The molecule has 0 fully saturated rings. The number of aryl methyl sites for hydroxylation is 1. The number of benzene rings is 4. The van der Waals surface area contributed by atoms with Crippen molar-refractivity contribution in [3.05, 3.63) is 143 Å². The number of rotatable bonds is 7. The van der Waals surface area contributed by atoms with Gasteiger partial charge in [-0.1, -0.05) is 48.0 Å². The van der Waals surface area contributed by atoms with E-state index in [-0.39, 0.29) is 24.0 Å². The van der Waals surface area contributed by atoms with Crippen molar-refractivity contribution in [2.24, 2.45) is 0 Å². The van der Waals surface area contributed by atoms with Gasteiger partial charge in [-0.2, -0.15) is 15.1 Å². The lowest BCUT2D eigenvalue weighted by molar-refractivity contribution is -0.670. The topological polar surface area (TPSA) is 62.9 Å². The van der Waals surface area contributed by atoms with Crippen molar-refractivity contribution >= 4 is 45.8 Å². The number of hydrogen-bond donors (Lipinski definition) is 0. The fourth-order valence-electron chi connectivity index (χ4n) is 5.79. The third-order valence-corrected chi connectivity index (χ3v) is 7.98. The predicted octanol–water partition coefficient (Wildman–Crippen LogP) is 5.34. The zero-order valence-corrected chi connectivity index (χ0v) is 27.8. The summed E-state index contributed by atoms with van der Waals surface area (Å²) < 4.78 is 4.38. The van der Waals surface area contributed by atoms with Gasteiger partial charge in [0.25, 0.3) is 5.82 Å². The molecule has 0 saturated heterocycles. The monoisotopic (exact) mass is 720 g/mol. The van der Waals surface area contributed by atoms with Crippen molar-refractivity contribution in [3.8, 4) is 17.8 Å². The molecule has 6 rings (SSSR count). The Hall–Kier alpha value is -4.83. The molecule has 0 aliphatic carbocycles. The van der Waals surface area contributed by atoms with Crippen molar-refractivity contribution in [1.82, 2.24) is 4.57 Å². The van der Waals surface area contributed by atoms with Crippen LogP contribution in [0.15, 0.2) is 126 Å². The van der Waals surface area contributed by atoms with Crippen LogP contribution in [0.25, 0.3) is 22.8 Å². The Morgan fingerprint density at radius 3 is 2.11 bits per heavy atom. The van der Waals surface area contributed by atoms with E-state index in [1.165, 1.54) is 0 Å². The number of para-hydroxylation sites is 2. The Balaban J connectivity index is 0.00000400. The second kappa shape index (κ2) is 13.9. The van der Waals surface area contributed by atoms with Gasteiger partial charge in [0.15, 0.2) is 11.0 Å². The number of nitrogens with zero attached hydrogens (tertiary/aromatic N) is 6. The molecule has 2 heterocycles. The summed E-state index contributed by atoms with van der Waals surface area (Å²) in [5.41, 5.74) is 7.26. The molecule has 0 N–H and O–H groups in total. The SMILES string of the molecule is CCN1\C(=C/C=C(Cl)/C=C/c2n(-c3ccccc3)c3ccc(C#N)cc3[n+]2CC)N(c2ccccc2)c2ccc(C#N)cc21.[I-]. The number of allylic oxidation sites excluding steroid dienone is 4. The van der Waals surface area contributed by atoms with Crippen LogP contribution >= 0.6 is 11.6 Å². The Kier molecular flexibility index (Phi) is 9.73. The molecule has 1 aliphatic heterocycles. The van der Waals surface area contributed by atoms with Crippen LogP contribution in [0.4, 0.5) is 17.1 Å². The average molecular weight is 721 g/mol. The predicted molar refractivity (Wildman–Crippen MR) is 178 cm³/mol. The zero-order valence-electron chi connectivity index (χ0n) is 24.9. The molecule has 0 unspecified atom stereocenters. The molecule has 8 heteroatoms. The number of imidazole rings is 1. The Bertz CT molecular complexity index is 2030. The molecule has 0 bridgehead atoms. The largest absolute Gasteiger partial charge is 1.00 e. The maximum atomic E-state index is 9.56. The normalized spacial score (nSPS) is 13.6. The van der Waals surface area contributed by atoms with E-state index in [4.69, 9.17) is 11.6 Å². The van der Waals surface area contributed by atoms with Gasteiger partial charge in [0.1, 0.15) is 11.5 Å². The third-order valence-electron chi connectivity index (χ3n) is 7.73. The second-order valence-corrected chi connectivity index (χ2v) is 10.7. The van der Waals surface area contributed by atoms with Gasteiger partial charge in [-0.3, -0.25) is 4.90 Å². The standard InChI is InChI=1S/C37H30ClN6.HI/c1-3-41-34-23-27(25-39)15-19-32(34)43(30-11-7-5-8-12-30)36(41)21-17-29(38)18-22-37-42(4-2)35-24-28(26-40)16-20-33(35)44(37)31-13-9-6-10-14-31;/h5-24H,3-4H2,1-2H3;1H/q+1;/p-1. The van der Waals surface area contributed by atoms with Gasteiger partial charge in [-0.15, -0.1) is 0 Å². The highest BCUT2D eigenvalue weighted by atomic mass is 127. The Labute approximate surface area is 285 Å². The minimum atomic E-state index is 0. The lowest BCUT2D eigenvalue weighted by Crippen LogP contribution is -3.00. The van der Waals surface area contributed by atoms with Gasteiger partial charge in [-0.25, -0.2) is 4.57 Å². The first kappa shape index (κ1) is 31.6. The zero-order chi connectivity index (χ0) is 30.6. The summed E-state index contributed by atoms with van der Waals surface area (Å²) in [6.07, 6.45) is 7.86. The second-order valence-electron chi connectivity index (χ2n) is 10.2. The van der Waals surface area contributed by atoms with Crippen LogP contribution in [0.3, 0.4) is 0 Å².